The van der Waals surface area contributed by atoms with Crippen LogP contribution in [0.3, 0.4) is 0 Å². The predicted molar refractivity (Wildman–Crippen MR) is 76.4 cm³/mol. The van der Waals surface area contributed by atoms with E-state index in [9.17, 15) is 4.79 Å². The summed E-state index contributed by atoms with van der Waals surface area (Å²) in [6.45, 7) is 4.39. The third-order valence-corrected chi connectivity index (χ3v) is 4.07. The van der Waals surface area contributed by atoms with Crippen LogP contribution in [0.15, 0.2) is 0 Å². The number of carbonyl (C=O) groups is 1. The Labute approximate surface area is 117 Å². The van der Waals surface area contributed by atoms with Crippen LogP contribution in [0.4, 0.5) is 5.13 Å². The lowest BCUT2D eigenvalue weighted by molar-refractivity contribution is -0.130. The first-order valence-corrected chi connectivity index (χ1v) is 7.35. The Kier molecular flexibility index (Phi) is 4.71. The van der Waals surface area contributed by atoms with E-state index < -0.39 is 0 Å². The molecule has 0 saturated carbocycles. The number of anilines is 1. The van der Waals surface area contributed by atoms with Crippen LogP contribution < -0.4 is 5.32 Å². The predicted octanol–water partition coefficient (Wildman–Crippen LogP) is 0.811. The average molecular weight is 283 g/mol. The van der Waals surface area contributed by atoms with Crippen molar-refractivity contribution in [3.05, 3.63) is 5.01 Å². The van der Waals surface area contributed by atoms with Gasteiger partial charge >= 0.3 is 0 Å². The molecule has 7 heteroatoms. The molecule has 1 aliphatic heterocycles. The van der Waals surface area contributed by atoms with Crippen molar-refractivity contribution in [2.24, 2.45) is 0 Å². The number of likely N-dealkylation sites (tertiary alicyclic amines) is 1. The van der Waals surface area contributed by atoms with E-state index in [0.717, 1.165) is 36.1 Å². The zero-order chi connectivity index (χ0) is 13.8. The number of aromatic nitrogens is 2. The van der Waals surface area contributed by atoms with Crippen molar-refractivity contribution in [2.45, 2.75) is 25.8 Å². The van der Waals surface area contributed by atoms with Crippen molar-refractivity contribution in [2.75, 3.05) is 39.0 Å². The normalized spacial score (nSPS) is 17.4. The number of nitrogens with zero attached hydrogens (tertiary/aromatic N) is 4. The molecule has 0 bridgehead atoms. The first-order valence-electron chi connectivity index (χ1n) is 6.54. The number of rotatable bonds is 4. The van der Waals surface area contributed by atoms with E-state index in [2.05, 4.69) is 20.4 Å². The molecular weight excluding hydrogens is 262 g/mol. The van der Waals surface area contributed by atoms with Gasteiger partial charge < -0.3 is 10.2 Å². The highest BCUT2D eigenvalue weighted by atomic mass is 32.1. The molecule has 1 aliphatic rings. The van der Waals surface area contributed by atoms with Crippen LogP contribution in [0.1, 0.15) is 17.8 Å². The summed E-state index contributed by atoms with van der Waals surface area (Å²) in [5.41, 5.74) is 0. The largest absolute Gasteiger partial charge is 0.357 e. The van der Waals surface area contributed by atoms with Crippen molar-refractivity contribution in [1.29, 1.82) is 0 Å². The van der Waals surface area contributed by atoms with Gasteiger partial charge in [-0.15, -0.1) is 10.2 Å². The Bertz CT molecular complexity index is 426. The molecule has 6 nitrogen and oxygen atoms in total. The second kappa shape index (κ2) is 6.29. The zero-order valence-electron chi connectivity index (χ0n) is 11.7. The van der Waals surface area contributed by atoms with Gasteiger partial charge in [-0.1, -0.05) is 11.3 Å². The van der Waals surface area contributed by atoms with Crippen LogP contribution in [0, 0.1) is 6.92 Å². The van der Waals surface area contributed by atoms with E-state index >= 15 is 0 Å². The lowest BCUT2D eigenvalue weighted by Gasteiger charge is -2.32. The molecule has 2 rings (SSSR count). The van der Waals surface area contributed by atoms with Gasteiger partial charge in [0.25, 0.3) is 0 Å². The van der Waals surface area contributed by atoms with Crippen LogP contribution >= 0.6 is 11.3 Å². The van der Waals surface area contributed by atoms with Crippen LogP contribution in [-0.2, 0) is 4.79 Å². The summed E-state index contributed by atoms with van der Waals surface area (Å²) in [6, 6.07) is 0.443. The van der Waals surface area contributed by atoms with Gasteiger partial charge in [0.1, 0.15) is 5.01 Å². The summed E-state index contributed by atoms with van der Waals surface area (Å²) in [6.07, 6.45) is 2.08. The SMILES string of the molecule is Cc1nnc(NC2CCN(CC(=O)N(C)C)CC2)s1. The number of amides is 1. The number of hydrogen-bond acceptors (Lipinski definition) is 6. The van der Waals surface area contributed by atoms with E-state index in [1.165, 1.54) is 0 Å². The summed E-state index contributed by atoms with van der Waals surface area (Å²) in [5, 5.41) is 13.4. The topological polar surface area (TPSA) is 61.4 Å². The molecule has 2 heterocycles. The van der Waals surface area contributed by atoms with Gasteiger partial charge in [-0.05, 0) is 19.8 Å². The Morgan fingerprint density at radius 3 is 2.63 bits per heavy atom. The molecule has 1 N–H and O–H groups in total. The number of piperidine rings is 1. The molecule has 1 aromatic rings. The van der Waals surface area contributed by atoms with Gasteiger partial charge in [-0.2, -0.15) is 0 Å². The minimum absolute atomic E-state index is 0.172. The molecule has 0 atom stereocenters. The molecule has 0 radical (unpaired) electrons. The third-order valence-electron chi connectivity index (χ3n) is 3.30. The zero-order valence-corrected chi connectivity index (χ0v) is 12.5. The summed E-state index contributed by atoms with van der Waals surface area (Å²) in [7, 11) is 3.60. The maximum Gasteiger partial charge on any atom is 0.236 e. The number of nitrogens with one attached hydrogen (secondary N) is 1. The minimum atomic E-state index is 0.172. The van der Waals surface area contributed by atoms with Crippen molar-refractivity contribution >= 4 is 22.4 Å². The Morgan fingerprint density at radius 2 is 2.11 bits per heavy atom. The molecule has 0 aromatic carbocycles. The summed E-state index contributed by atoms with van der Waals surface area (Å²) in [5.74, 6) is 0.172. The fraction of sp³-hybridized carbons (Fsp3) is 0.750. The first-order chi connectivity index (χ1) is 9.04. The molecule has 0 spiro atoms. The first kappa shape index (κ1) is 14.2. The lowest BCUT2D eigenvalue weighted by Crippen LogP contribution is -2.43. The second-order valence-corrected chi connectivity index (χ2v) is 6.29. The highest BCUT2D eigenvalue weighted by Gasteiger charge is 2.21. The van der Waals surface area contributed by atoms with Crippen LogP contribution in [0.25, 0.3) is 0 Å². The number of carbonyl (C=O) groups excluding carboxylic acids is 1. The molecule has 0 aliphatic carbocycles. The molecule has 106 valence electrons. The Balaban J connectivity index is 1.75. The maximum absolute atomic E-state index is 11.6. The summed E-state index contributed by atoms with van der Waals surface area (Å²) >= 11 is 1.59. The highest BCUT2D eigenvalue weighted by Crippen LogP contribution is 2.19. The molecule has 1 fully saturated rings. The monoisotopic (exact) mass is 283 g/mol. The van der Waals surface area contributed by atoms with E-state index in [-0.39, 0.29) is 5.91 Å². The van der Waals surface area contributed by atoms with Gasteiger partial charge in [0.2, 0.25) is 11.0 Å². The Morgan fingerprint density at radius 1 is 1.42 bits per heavy atom. The van der Waals surface area contributed by atoms with E-state index in [1.807, 2.05) is 6.92 Å². The van der Waals surface area contributed by atoms with Crippen molar-refractivity contribution in [1.82, 2.24) is 20.0 Å². The van der Waals surface area contributed by atoms with E-state index in [1.54, 1.807) is 30.3 Å². The van der Waals surface area contributed by atoms with Gasteiger partial charge in [0.05, 0.1) is 6.54 Å². The molecular formula is C12H21N5OS. The molecule has 1 saturated heterocycles. The quantitative estimate of drug-likeness (QED) is 0.886. The smallest absolute Gasteiger partial charge is 0.236 e. The van der Waals surface area contributed by atoms with Crippen LogP contribution in [-0.4, -0.2) is 65.7 Å². The van der Waals surface area contributed by atoms with Crippen molar-refractivity contribution in [3.63, 3.8) is 0 Å². The average Bonchev–Trinajstić information content (AvgIpc) is 2.77. The fourth-order valence-corrected chi connectivity index (χ4v) is 2.77. The lowest BCUT2D eigenvalue weighted by atomic mass is 10.1. The summed E-state index contributed by atoms with van der Waals surface area (Å²) in [4.78, 5) is 15.5. The minimum Gasteiger partial charge on any atom is -0.357 e. The number of hydrogen-bond donors (Lipinski definition) is 1. The van der Waals surface area contributed by atoms with Gasteiger partial charge in [-0.3, -0.25) is 9.69 Å². The van der Waals surface area contributed by atoms with E-state index in [4.69, 9.17) is 0 Å². The second-order valence-electron chi connectivity index (χ2n) is 5.11. The summed E-state index contributed by atoms with van der Waals surface area (Å²) < 4.78 is 0. The van der Waals surface area contributed by atoms with Crippen LogP contribution in [0.2, 0.25) is 0 Å². The maximum atomic E-state index is 11.6. The molecule has 0 unspecified atom stereocenters. The fourth-order valence-electron chi connectivity index (χ4n) is 2.10. The standard InChI is InChI=1S/C12H21N5OS/c1-9-14-15-12(19-9)13-10-4-6-17(7-5-10)8-11(18)16(2)3/h10H,4-8H2,1-3H3,(H,13,15). The van der Waals surface area contributed by atoms with E-state index in [0.29, 0.717) is 12.6 Å². The van der Waals surface area contributed by atoms with Gasteiger partial charge in [-0.25, -0.2) is 0 Å². The highest BCUT2D eigenvalue weighted by molar-refractivity contribution is 7.15. The van der Waals surface area contributed by atoms with Crippen molar-refractivity contribution < 1.29 is 4.79 Å². The number of likely N-dealkylation sites (N-methyl/N-ethyl adjacent to an activating group) is 1. The van der Waals surface area contributed by atoms with Crippen molar-refractivity contribution in [3.8, 4) is 0 Å². The van der Waals surface area contributed by atoms with Crippen LogP contribution in [0.5, 0.6) is 0 Å². The molecule has 1 aromatic heterocycles. The Hall–Kier alpha value is -1.21. The number of aryl methyl sites for hydroxylation is 1. The third kappa shape index (κ3) is 4.14. The van der Waals surface area contributed by atoms with Gasteiger partial charge in [0, 0.05) is 33.2 Å². The van der Waals surface area contributed by atoms with Gasteiger partial charge in [0.15, 0.2) is 0 Å². The molecule has 1 amide bonds. The molecule has 19 heavy (non-hydrogen) atoms.